The molecule has 136 valence electrons. The van der Waals surface area contributed by atoms with Gasteiger partial charge in [-0.1, -0.05) is 42.0 Å². The zero-order chi connectivity index (χ0) is 18.8. The molecule has 2 N–H and O–H groups in total. The van der Waals surface area contributed by atoms with Crippen LogP contribution in [-0.4, -0.2) is 31.6 Å². The van der Waals surface area contributed by atoms with E-state index >= 15 is 0 Å². The molecule has 0 amide bonds. The third-order valence-electron chi connectivity index (χ3n) is 4.68. The van der Waals surface area contributed by atoms with Gasteiger partial charge < -0.3 is 10.2 Å². The minimum Gasteiger partial charge on any atom is -0.393 e. The minimum absolute atomic E-state index is 0.346. The molecule has 0 aliphatic rings. The van der Waals surface area contributed by atoms with Gasteiger partial charge in [-0.05, 0) is 36.8 Å². The molecular weight excluding hydrogens is 338 g/mol. The van der Waals surface area contributed by atoms with E-state index in [9.17, 15) is 5.11 Å². The number of aliphatic hydroxyl groups excluding tert-OH is 2. The van der Waals surface area contributed by atoms with Gasteiger partial charge in [0.15, 0.2) is 0 Å². The van der Waals surface area contributed by atoms with Gasteiger partial charge in [0, 0.05) is 10.9 Å². The van der Waals surface area contributed by atoms with E-state index in [1.54, 1.807) is 6.07 Å². The molecule has 5 heteroatoms. The molecule has 0 radical (unpaired) electrons. The third-order valence-corrected chi connectivity index (χ3v) is 4.68. The molecule has 4 aromatic rings. The molecule has 0 unspecified atom stereocenters. The Balaban J connectivity index is 1.65. The summed E-state index contributed by atoms with van der Waals surface area (Å²) >= 11 is 0. The van der Waals surface area contributed by atoms with Crippen LogP contribution in [-0.2, 0) is 6.54 Å². The maximum atomic E-state index is 9.81. The van der Waals surface area contributed by atoms with Gasteiger partial charge in [-0.2, -0.15) is 5.10 Å². The quantitative estimate of drug-likeness (QED) is 0.572. The second-order valence-electron chi connectivity index (χ2n) is 6.71. The Hall–Kier alpha value is -3.02. The summed E-state index contributed by atoms with van der Waals surface area (Å²) in [5, 5.41) is 24.5. The first-order chi connectivity index (χ1) is 13.1. The van der Waals surface area contributed by atoms with E-state index in [1.807, 2.05) is 41.2 Å². The lowest BCUT2D eigenvalue weighted by Crippen LogP contribution is -2.05. The Morgan fingerprint density at radius 3 is 2.63 bits per heavy atom. The smallest absolute Gasteiger partial charge is 0.119 e. The Kier molecular flexibility index (Phi) is 4.71. The van der Waals surface area contributed by atoms with Gasteiger partial charge in [0.1, 0.15) is 6.10 Å². The third kappa shape index (κ3) is 3.60. The van der Waals surface area contributed by atoms with Crippen molar-refractivity contribution in [2.24, 2.45) is 0 Å². The molecule has 0 saturated carbocycles. The molecule has 0 saturated heterocycles. The first-order valence-electron chi connectivity index (χ1n) is 8.91. The van der Waals surface area contributed by atoms with Crippen LogP contribution in [0.15, 0.2) is 66.9 Å². The largest absolute Gasteiger partial charge is 0.393 e. The highest BCUT2D eigenvalue weighted by Gasteiger charge is 2.10. The molecule has 0 aliphatic carbocycles. The zero-order valence-corrected chi connectivity index (χ0v) is 15.1. The molecule has 0 fully saturated rings. The standard InChI is InChI=1S/C22H21N3O2/c1-15-5-7-16(8-6-15)13-25-21-10-9-17(11-18(21)12-23-25)19-3-2-4-20(24-19)22(27)14-26/h2-12,22,26-27H,13-14H2,1H3/t22-/m1/s1. The number of rotatable bonds is 5. The van der Waals surface area contributed by atoms with Crippen LogP contribution in [0.2, 0.25) is 0 Å². The van der Waals surface area contributed by atoms with E-state index in [0.717, 1.165) is 28.7 Å². The predicted molar refractivity (Wildman–Crippen MR) is 105 cm³/mol. The normalized spacial score (nSPS) is 12.4. The highest BCUT2D eigenvalue weighted by Crippen LogP contribution is 2.25. The molecule has 1 atom stereocenters. The Labute approximate surface area is 157 Å². The Bertz CT molecular complexity index is 1070. The summed E-state index contributed by atoms with van der Waals surface area (Å²) in [6.07, 6.45) is 0.894. The molecule has 27 heavy (non-hydrogen) atoms. The lowest BCUT2D eigenvalue weighted by Gasteiger charge is -2.09. The SMILES string of the molecule is Cc1ccc(Cn2ncc3cc(-c4cccc([C@H](O)CO)n4)ccc32)cc1. The molecule has 0 spiro atoms. The number of fused-ring (bicyclic) bond motifs is 1. The summed E-state index contributed by atoms with van der Waals surface area (Å²) in [6.45, 7) is 2.46. The van der Waals surface area contributed by atoms with Gasteiger partial charge in [0.25, 0.3) is 0 Å². The highest BCUT2D eigenvalue weighted by atomic mass is 16.3. The predicted octanol–water partition coefficient (Wildman–Crippen LogP) is 3.48. The van der Waals surface area contributed by atoms with Crippen LogP contribution >= 0.6 is 0 Å². The number of hydrogen-bond donors (Lipinski definition) is 2. The Morgan fingerprint density at radius 2 is 1.85 bits per heavy atom. The van der Waals surface area contributed by atoms with Gasteiger partial charge in [0.2, 0.25) is 0 Å². The average Bonchev–Trinajstić information content (AvgIpc) is 3.11. The van der Waals surface area contributed by atoms with Crippen molar-refractivity contribution in [3.63, 3.8) is 0 Å². The van der Waals surface area contributed by atoms with Crippen LogP contribution in [0.5, 0.6) is 0 Å². The fourth-order valence-electron chi connectivity index (χ4n) is 3.13. The van der Waals surface area contributed by atoms with Crippen LogP contribution in [0.4, 0.5) is 0 Å². The number of hydrogen-bond acceptors (Lipinski definition) is 4. The number of pyridine rings is 1. The number of aryl methyl sites for hydroxylation is 1. The van der Waals surface area contributed by atoms with E-state index in [4.69, 9.17) is 5.11 Å². The van der Waals surface area contributed by atoms with Crippen molar-refractivity contribution >= 4 is 10.9 Å². The molecule has 2 aromatic heterocycles. The van der Waals surface area contributed by atoms with Crippen molar-refractivity contribution in [2.45, 2.75) is 19.6 Å². The van der Waals surface area contributed by atoms with Crippen molar-refractivity contribution in [3.05, 3.63) is 83.7 Å². The van der Waals surface area contributed by atoms with Crippen LogP contribution in [0.25, 0.3) is 22.2 Å². The van der Waals surface area contributed by atoms with Crippen molar-refractivity contribution in [1.29, 1.82) is 0 Å². The fourth-order valence-corrected chi connectivity index (χ4v) is 3.13. The van der Waals surface area contributed by atoms with Crippen molar-refractivity contribution in [3.8, 4) is 11.3 Å². The molecule has 2 aromatic carbocycles. The van der Waals surface area contributed by atoms with E-state index in [2.05, 4.69) is 41.3 Å². The number of benzene rings is 2. The monoisotopic (exact) mass is 359 g/mol. The summed E-state index contributed by atoms with van der Waals surface area (Å²) < 4.78 is 1.99. The van der Waals surface area contributed by atoms with E-state index in [-0.39, 0.29) is 6.61 Å². The average molecular weight is 359 g/mol. The van der Waals surface area contributed by atoms with Crippen LogP contribution in [0.3, 0.4) is 0 Å². The van der Waals surface area contributed by atoms with E-state index in [1.165, 1.54) is 11.1 Å². The van der Waals surface area contributed by atoms with Crippen molar-refractivity contribution in [2.75, 3.05) is 6.61 Å². The second-order valence-corrected chi connectivity index (χ2v) is 6.71. The van der Waals surface area contributed by atoms with Gasteiger partial charge >= 0.3 is 0 Å². The number of aliphatic hydroxyl groups is 2. The van der Waals surface area contributed by atoms with E-state index in [0.29, 0.717) is 5.69 Å². The summed E-state index contributed by atoms with van der Waals surface area (Å²) in [5.74, 6) is 0. The van der Waals surface area contributed by atoms with Gasteiger partial charge in [0.05, 0.1) is 36.3 Å². The summed E-state index contributed by atoms with van der Waals surface area (Å²) in [6, 6.07) is 20.0. The number of nitrogens with zero attached hydrogens (tertiary/aromatic N) is 3. The first-order valence-corrected chi connectivity index (χ1v) is 8.91. The minimum atomic E-state index is -0.967. The maximum absolute atomic E-state index is 9.81. The van der Waals surface area contributed by atoms with Gasteiger partial charge in [-0.15, -0.1) is 0 Å². The van der Waals surface area contributed by atoms with Crippen molar-refractivity contribution < 1.29 is 10.2 Å². The first kappa shape index (κ1) is 17.4. The van der Waals surface area contributed by atoms with Crippen molar-refractivity contribution in [1.82, 2.24) is 14.8 Å². The fraction of sp³-hybridized carbons (Fsp3) is 0.182. The maximum Gasteiger partial charge on any atom is 0.119 e. The summed E-state index contributed by atoms with van der Waals surface area (Å²) in [7, 11) is 0. The highest BCUT2D eigenvalue weighted by molar-refractivity contribution is 5.84. The van der Waals surface area contributed by atoms with E-state index < -0.39 is 6.10 Å². The topological polar surface area (TPSA) is 71.2 Å². The van der Waals surface area contributed by atoms with Crippen LogP contribution in [0.1, 0.15) is 22.9 Å². The molecule has 5 nitrogen and oxygen atoms in total. The summed E-state index contributed by atoms with van der Waals surface area (Å²) in [5.41, 5.74) is 5.69. The summed E-state index contributed by atoms with van der Waals surface area (Å²) in [4.78, 5) is 4.47. The van der Waals surface area contributed by atoms with Crippen LogP contribution in [0, 0.1) is 6.92 Å². The number of aromatic nitrogens is 3. The molecular formula is C22H21N3O2. The Morgan fingerprint density at radius 1 is 1.04 bits per heavy atom. The van der Waals surface area contributed by atoms with Crippen LogP contribution < -0.4 is 0 Å². The molecule has 2 heterocycles. The van der Waals surface area contributed by atoms with Gasteiger partial charge in [-0.3, -0.25) is 4.68 Å². The lowest BCUT2D eigenvalue weighted by molar-refractivity contribution is 0.0923. The molecule has 0 aliphatic heterocycles. The zero-order valence-electron chi connectivity index (χ0n) is 15.1. The molecule has 4 rings (SSSR count). The second kappa shape index (κ2) is 7.31. The van der Waals surface area contributed by atoms with Gasteiger partial charge in [-0.25, -0.2) is 4.98 Å². The molecule has 0 bridgehead atoms. The lowest BCUT2D eigenvalue weighted by atomic mass is 10.1.